The van der Waals surface area contributed by atoms with Gasteiger partial charge in [-0.25, -0.2) is 4.79 Å². The Morgan fingerprint density at radius 3 is 2.52 bits per heavy atom. The molecule has 1 N–H and O–H groups in total. The molecule has 0 atom stereocenters. The van der Waals surface area contributed by atoms with Gasteiger partial charge in [0.2, 0.25) is 0 Å². The van der Waals surface area contributed by atoms with E-state index in [9.17, 15) is 9.59 Å². The minimum absolute atomic E-state index is 0.0298. The van der Waals surface area contributed by atoms with Crippen molar-refractivity contribution in [2.75, 3.05) is 33.2 Å². The maximum atomic E-state index is 12.7. The minimum Gasteiger partial charge on any atom is -0.476 e. The van der Waals surface area contributed by atoms with Gasteiger partial charge in [-0.1, -0.05) is 12.1 Å². The van der Waals surface area contributed by atoms with Crippen molar-refractivity contribution < 1.29 is 14.7 Å². The van der Waals surface area contributed by atoms with Crippen LogP contribution in [0.15, 0.2) is 30.3 Å². The number of benzene rings is 1. The molecule has 1 aliphatic heterocycles. The number of hydrogen-bond donors (Lipinski definition) is 1. The number of rotatable bonds is 4. The monoisotopic (exact) mass is 342 g/mol. The van der Waals surface area contributed by atoms with Crippen molar-refractivity contribution in [2.45, 2.75) is 13.5 Å². The zero-order chi connectivity index (χ0) is 18.0. The number of likely N-dealkylation sites (N-methyl/N-ethyl adjacent to an activating group) is 1. The lowest BCUT2D eigenvalue weighted by molar-refractivity contribution is 0.0661. The number of aromatic nitrogens is 2. The number of nitrogens with zero attached hydrogens (tertiary/aromatic N) is 4. The molecular formula is C18H22N4O3. The topological polar surface area (TPSA) is 78.7 Å². The Kier molecular flexibility index (Phi) is 4.85. The van der Waals surface area contributed by atoms with Gasteiger partial charge < -0.3 is 14.9 Å². The smallest absolute Gasteiger partial charge is 0.356 e. The van der Waals surface area contributed by atoms with E-state index in [2.05, 4.69) is 17.0 Å². The average molecular weight is 342 g/mol. The van der Waals surface area contributed by atoms with Crippen molar-refractivity contribution in [3.63, 3.8) is 0 Å². The van der Waals surface area contributed by atoms with Crippen LogP contribution in [-0.2, 0) is 6.54 Å². The molecule has 1 aromatic heterocycles. The van der Waals surface area contributed by atoms with Crippen molar-refractivity contribution >= 4 is 11.9 Å². The number of hydrogen-bond acceptors (Lipinski definition) is 4. The molecule has 132 valence electrons. The molecule has 25 heavy (non-hydrogen) atoms. The third-order valence-electron chi connectivity index (χ3n) is 4.50. The highest BCUT2D eigenvalue weighted by atomic mass is 16.4. The van der Waals surface area contributed by atoms with Crippen LogP contribution in [-0.4, -0.2) is 69.8 Å². The number of carbonyl (C=O) groups is 2. The van der Waals surface area contributed by atoms with Crippen LogP contribution in [0, 0.1) is 6.92 Å². The number of carbonyl (C=O) groups excluding carboxylic acids is 1. The summed E-state index contributed by atoms with van der Waals surface area (Å²) in [5, 5.41) is 13.1. The Hall–Kier alpha value is -2.67. The van der Waals surface area contributed by atoms with E-state index in [1.54, 1.807) is 10.7 Å². The fourth-order valence-corrected chi connectivity index (χ4v) is 2.94. The zero-order valence-corrected chi connectivity index (χ0v) is 14.5. The molecule has 1 aliphatic rings. The number of piperazine rings is 1. The molecule has 1 fully saturated rings. The first kappa shape index (κ1) is 17.2. The van der Waals surface area contributed by atoms with E-state index in [-0.39, 0.29) is 11.6 Å². The van der Waals surface area contributed by atoms with Gasteiger partial charge in [-0.15, -0.1) is 0 Å². The fraction of sp³-hybridized carbons (Fsp3) is 0.389. The molecule has 1 amide bonds. The van der Waals surface area contributed by atoms with Gasteiger partial charge in [-0.2, -0.15) is 5.10 Å². The lowest BCUT2D eigenvalue weighted by Gasteiger charge is -2.32. The Bertz CT molecular complexity index is 791. The van der Waals surface area contributed by atoms with Crippen LogP contribution in [0.1, 0.15) is 32.1 Å². The molecule has 3 rings (SSSR count). The first-order valence-electron chi connectivity index (χ1n) is 8.28. The molecule has 2 aromatic rings. The Labute approximate surface area is 146 Å². The van der Waals surface area contributed by atoms with Crippen LogP contribution in [0.25, 0.3) is 0 Å². The van der Waals surface area contributed by atoms with Gasteiger partial charge >= 0.3 is 5.97 Å². The fourth-order valence-electron chi connectivity index (χ4n) is 2.94. The molecule has 2 heterocycles. The van der Waals surface area contributed by atoms with Gasteiger partial charge in [0.05, 0.1) is 6.54 Å². The van der Waals surface area contributed by atoms with Crippen molar-refractivity contribution in [1.29, 1.82) is 0 Å². The van der Waals surface area contributed by atoms with Crippen molar-refractivity contribution in [1.82, 2.24) is 19.6 Å². The summed E-state index contributed by atoms with van der Waals surface area (Å²) >= 11 is 0. The summed E-state index contributed by atoms with van der Waals surface area (Å²) in [6.45, 7) is 5.49. The molecular weight excluding hydrogens is 320 g/mol. The standard InChI is InChI=1S/C18H22N4O3/c1-13-10-16(18(24)25)19-22(13)12-14-4-3-5-15(11-14)17(23)21-8-6-20(2)7-9-21/h3-5,10-11H,6-9,12H2,1-2H3,(H,24,25). The Balaban J connectivity index is 1.75. The highest BCUT2D eigenvalue weighted by Gasteiger charge is 2.20. The van der Waals surface area contributed by atoms with E-state index < -0.39 is 5.97 Å². The lowest BCUT2D eigenvalue weighted by atomic mass is 10.1. The molecule has 0 aliphatic carbocycles. The second kappa shape index (κ2) is 7.06. The molecule has 1 aromatic carbocycles. The second-order valence-corrected chi connectivity index (χ2v) is 6.43. The Morgan fingerprint density at radius 2 is 1.88 bits per heavy atom. The SMILES string of the molecule is Cc1cc(C(=O)O)nn1Cc1cccc(C(=O)N2CCN(C)CC2)c1. The molecule has 0 spiro atoms. The summed E-state index contributed by atoms with van der Waals surface area (Å²) in [6.07, 6.45) is 0. The first-order valence-corrected chi connectivity index (χ1v) is 8.28. The van der Waals surface area contributed by atoms with Crippen molar-refractivity contribution in [3.05, 3.63) is 52.8 Å². The third-order valence-corrected chi connectivity index (χ3v) is 4.50. The molecule has 1 saturated heterocycles. The van der Waals surface area contributed by atoms with Gasteiger partial charge in [-0.05, 0) is 37.7 Å². The van der Waals surface area contributed by atoms with Crippen LogP contribution in [0.2, 0.25) is 0 Å². The van der Waals surface area contributed by atoms with Gasteiger partial charge in [0.25, 0.3) is 5.91 Å². The van der Waals surface area contributed by atoms with Crippen LogP contribution >= 0.6 is 0 Å². The summed E-state index contributed by atoms with van der Waals surface area (Å²) in [5.74, 6) is -1.00. The summed E-state index contributed by atoms with van der Waals surface area (Å²) in [5.41, 5.74) is 2.38. The van der Waals surface area contributed by atoms with E-state index in [0.29, 0.717) is 12.1 Å². The van der Waals surface area contributed by atoms with Gasteiger partial charge in [0, 0.05) is 37.4 Å². The maximum Gasteiger partial charge on any atom is 0.356 e. The van der Waals surface area contributed by atoms with Gasteiger partial charge in [0.1, 0.15) is 0 Å². The number of carboxylic acid groups (broad SMARTS) is 1. The molecule has 0 bridgehead atoms. The van der Waals surface area contributed by atoms with E-state index in [1.807, 2.05) is 36.1 Å². The summed E-state index contributed by atoms with van der Waals surface area (Å²) in [4.78, 5) is 27.8. The molecule has 0 unspecified atom stereocenters. The summed E-state index contributed by atoms with van der Waals surface area (Å²) in [6, 6.07) is 9.00. The molecule has 7 heteroatoms. The Morgan fingerprint density at radius 1 is 1.16 bits per heavy atom. The quantitative estimate of drug-likeness (QED) is 0.907. The summed E-state index contributed by atoms with van der Waals surface area (Å²) < 4.78 is 1.64. The van der Waals surface area contributed by atoms with Crippen molar-refractivity contribution in [2.24, 2.45) is 0 Å². The predicted molar refractivity (Wildman–Crippen MR) is 92.9 cm³/mol. The maximum absolute atomic E-state index is 12.7. The molecule has 0 radical (unpaired) electrons. The van der Waals surface area contributed by atoms with Gasteiger partial charge in [0.15, 0.2) is 5.69 Å². The van der Waals surface area contributed by atoms with Crippen molar-refractivity contribution in [3.8, 4) is 0 Å². The van der Waals surface area contributed by atoms with Gasteiger partial charge in [-0.3, -0.25) is 9.48 Å². The zero-order valence-electron chi connectivity index (χ0n) is 14.5. The van der Waals surface area contributed by atoms with Crippen LogP contribution < -0.4 is 0 Å². The van der Waals surface area contributed by atoms with E-state index in [0.717, 1.165) is 37.4 Å². The second-order valence-electron chi connectivity index (χ2n) is 6.43. The minimum atomic E-state index is -1.04. The number of aromatic carboxylic acids is 1. The normalized spacial score (nSPS) is 15.4. The van der Waals surface area contributed by atoms with E-state index >= 15 is 0 Å². The third kappa shape index (κ3) is 3.88. The van der Waals surface area contributed by atoms with Crippen LogP contribution in [0.4, 0.5) is 0 Å². The lowest BCUT2D eigenvalue weighted by Crippen LogP contribution is -2.47. The molecule has 7 nitrogen and oxygen atoms in total. The highest BCUT2D eigenvalue weighted by molar-refractivity contribution is 5.94. The number of aryl methyl sites for hydroxylation is 1. The average Bonchev–Trinajstić information content (AvgIpc) is 2.96. The predicted octanol–water partition coefficient (Wildman–Crippen LogP) is 1.33. The number of amides is 1. The van der Waals surface area contributed by atoms with Crippen LogP contribution in [0.3, 0.4) is 0 Å². The van der Waals surface area contributed by atoms with E-state index in [4.69, 9.17) is 5.11 Å². The van der Waals surface area contributed by atoms with E-state index in [1.165, 1.54) is 0 Å². The summed E-state index contributed by atoms with van der Waals surface area (Å²) in [7, 11) is 2.06. The largest absolute Gasteiger partial charge is 0.476 e. The number of carboxylic acids is 1. The highest BCUT2D eigenvalue weighted by Crippen LogP contribution is 2.13. The van der Waals surface area contributed by atoms with Crippen LogP contribution in [0.5, 0.6) is 0 Å². The first-order chi connectivity index (χ1) is 11.9. The molecule has 0 saturated carbocycles.